The molecular weight excluding hydrogens is 432 g/mol. The van der Waals surface area contributed by atoms with Crippen molar-refractivity contribution >= 4 is 23.6 Å². The van der Waals surface area contributed by atoms with Crippen LogP contribution in [0.4, 0.5) is 11.5 Å². The average molecular weight is 465 g/mol. The van der Waals surface area contributed by atoms with Crippen LogP contribution in [0.2, 0.25) is 0 Å². The Bertz CT molecular complexity index is 1140. The molecule has 9 heteroatoms. The molecule has 1 aromatic heterocycles. The third kappa shape index (κ3) is 3.67. The van der Waals surface area contributed by atoms with Crippen LogP contribution in [0.5, 0.6) is 0 Å². The minimum atomic E-state index is -0.481. The van der Waals surface area contributed by atoms with Gasteiger partial charge in [-0.15, -0.1) is 0 Å². The molecule has 6 rings (SSSR count). The predicted molar refractivity (Wildman–Crippen MR) is 129 cm³/mol. The molecule has 1 fully saturated rings. The molecule has 4 aliphatic heterocycles. The topological polar surface area (TPSA) is 86.4 Å². The third-order valence-corrected chi connectivity index (χ3v) is 7.59. The highest BCUT2D eigenvalue weighted by Gasteiger charge is 2.35. The van der Waals surface area contributed by atoms with Crippen LogP contribution in [-0.2, 0) is 28.9 Å². The number of nitrogens with zero attached hydrogens (tertiary/aromatic N) is 6. The van der Waals surface area contributed by atoms with E-state index in [9.17, 15) is 9.90 Å². The number of carbonyl (C=O) groups excluding carboxylic acids is 1. The molecule has 0 bridgehead atoms. The number of amides is 1. The van der Waals surface area contributed by atoms with E-state index in [1.807, 2.05) is 23.2 Å². The molecule has 0 saturated carbocycles. The Hall–Kier alpha value is -2.91. The third-order valence-electron chi connectivity index (χ3n) is 7.59. The second-order valence-electron chi connectivity index (χ2n) is 9.97. The summed E-state index contributed by atoms with van der Waals surface area (Å²) < 4.78 is 7.81. The number of hydrazone groups is 1. The van der Waals surface area contributed by atoms with Crippen molar-refractivity contribution in [1.82, 2.24) is 19.7 Å². The van der Waals surface area contributed by atoms with Gasteiger partial charge in [0.15, 0.2) is 5.82 Å². The molecule has 1 amide bonds. The Morgan fingerprint density at radius 3 is 2.88 bits per heavy atom. The summed E-state index contributed by atoms with van der Waals surface area (Å²) in [7, 11) is 1.99. The van der Waals surface area contributed by atoms with Crippen LogP contribution in [0.1, 0.15) is 47.7 Å². The normalized spacial score (nSPS) is 26.2. The monoisotopic (exact) mass is 464 g/mol. The number of aliphatic hydroxyl groups is 1. The summed E-state index contributed by atoms with van der Waals surface area (Å²) in [6.45, 7) is 5.68. The first-order chi connectivity index (χ1) is 16.5. The van der Waals surface area contributed by atoms with Gasteiger partial charge in [0, 0.05) is 75.6 Å². The van der Waals surface area contributed by atoms with Crippen LogP contribution < -0.4 is 4.90 Å². The molecule has 0 aliphatic carbocycles. The van der Waals surface area contributed by atoms with Crippen LogP contribution in [-0.4, -0.2) is 82.9 Å². The van der Waals surface area contributed by atoms with Crippen molar-refractivity contribution in [3.05, 3.63) is 40.6 Å². The maximum Gasteiger partial charge on any atom is 0.219 e. The summed E-state index contributed by atoms with van der Waals surface area (Å²) in [6, 6.07) is 6.78. The van der Waals surface area contributed by atoms with Gasteiger partial charge in [-0.2, -0.15) is 10.2 Å². The van der Waals surface area contributed by atoms with Crippen LogP contribution in [0.15, 0.2) is 23.3 Å². The van der Waals surface area contributed by atoms with Gasteiger partial charge in [0.2, 0.25) is 5.91 Å². The zero-order chi connectivity index (χ0) is 23.4. The molecule has 34 heavy (non-hydrogen) atoms. The number of aromatic nitrogens is 2. The van der Waals surface area contributed by atoms with Gasteiger partial charge >= 0.3 is 0 Å². The maximum atomic E-state index is 12.2. The van der Waals surface area contributed by atoms with E-state index in [0.29, 0.717) is 32.7 Å². The van der Waals surface area contributed by atoms with Gasteiger partial charge in [-0.25, -0.2) is 0 Å². The Morgan fingerprint density at radius 2 is 2.15 bits per heavy atom. The number of rotatable bonds is 3. The lowest BCUT2D eigenvalue weighted by Gasteiger charge is -2.35. The summed E-state index contributed by atoms with van der Waals surface area (Å²) in [6.07, 6.45) is 3.87. The quantitative estimate of drug-likeness (QED) is 0.746. The molecule has 0 radical (unpaired) electrons. The highest BCUT2D eigenvalue weighted by atomic mass is 16.5. The average Bonchev–Trinajstić information content (AvgIpc) is 3.57. The summed E-state index contributed by atoms with van der Waals surface area (Å²) in [5.74, 6) is 1.21. The zero-order valence-electron chi connectivity index (χ0n) is 19.9. The molecule has 1 aromatic carbocycles. The minimum absolute atomic E-state index is 0.0838. The van der Waals surface area contributed by atoms with E-state index in [2.05, 4.69) is 32.9 Å². The van der Waals surface area contributed by atoms with E-state index < -0.39 is 6.10 Å². The highest BCUT2D eigenvalue weighted by molar-refractivity contribution is 5.76. The summed E-state index contributed by atoms with van der Waals surface area (Å²) in [5, 5.41) is 22.3. The molecule has 9 nitrogen and oxygen atoms in total. The first kappa shape index (κ1) is 21.6. The predicted octanol–water partition coefficient (Wildman–Crippen LogP) is 1.82. The number of aliphatic hydroxyl groups excluding tert-OH is 1. The van der Waals surface area contributed by atoms with Gasteiger partial charge in [0.25, 0.3) is 0 Å². The lowest BCUT2D eigenvalue weighted by atomic mass is 9.92. The van der Waals surface area contributed by atoms with E-state index in [1.54, 1.807) is 6.92 Å². The van der Waals surface area contributed by atoms with Crippen molar-refractivity contribution in [3.63, 3.8) is 0 Å². The van der Waals surface area contributed by atoms with Gasteiger partial charge < -0.3 is 19.6 Å². The molecule has 4 aliphatic rings. The lowest BCUT2D eigenvalue weighted by Crippen LogP contribution is -2.38. The van der Waals surface area contributed by atoms with Crippen molar-refractivity contribution < 1.29 is 14.6 Å². The Balaban J connectivity index is 1.41. The van der Waals surface area contributed by atoms with E-state index in [4.69, 9.17) is 9.84 Å². The SMILES string of the molecule is CC(=O)N1CCc2c(c(N3CC(O)Cc4cc(C5C=NN(C)C5)ccc43)nn2[C@H]2CCOC2)C1. The number of β-amino-alcohol motifs (C(OH)–C–C–N with tert-alkyl or cyclic N) is 1. The number of carbonyl (C=O) groups is 1. The Morgan fingerprint density at radius 1 is 1.26 bits per heavy atom. The number of hydrogen-bond acceptors (Lipinski definition) is 7. The Labute approximate surface area is 199 Å². The summed E-state index contributed by atoms with van der Waals surface area (Å²) in [4.78, 5) is 16.3. The molecule has 2 aromatic rings. The van der Waals surface area contributed by atoms with E-state index >= 15 is 0 Å². The van der Waals surface area contributed by atoms with Crippen LogP contribution in [0, 0.1) is 0 Å². The zero-order valence-corrected chi connectivity index (χ0v) is 19.9. The number of ether oxygens (including phenoxy) is 1. The Kier molecular flexibility index (Phi) is 5.33. The van der Waals surface area contributed by atoms with Gasteiger partial charge in [-0.3, -0.25) is 14.5 Å². The first-order valence-corrected chi connectivity index (χ1v) is 12.2. The standard InChI is InChI=1S/C25H32N6O3/c1-16(32)29-7-5-24-22(14-29)25(27-31(24)20-6-8-34-15-20)30-13-21(33)10-18-9-17(3-4-23(18)30)19-11-26-28(2)12-19/h3-4,9,11,19-21,33H,5-8,10,12-15H2,1-2H3/t19?,20-,21?/m0/s1. The molecule has 2 unspecified atom stereocenters. The van der Waals surface area contributed by atoms with Crippen molar-refractivity contribution in [2.45, 2.75) is 50.8 Å². The van der Waals surface area contributed by atoms with E-state index in [0.717, 1.165) is 48.6 Å². The molecule has 0 spiro atoms. The van der Waals surface area contributed by atoms with Crippen LogP contribution >= 0.6 is 0 Å². The van der Waals surface area contributed by atoms with Gasteiger partial charge in [0.1, 0.15) is 0 Å². The second-order valence-corrected chi connectivity index (χ2v) is 9.97. The maximum absolute atomic E-state index is 12.2. The number of fused-ring (bicyclic) bond motifs is 2. The molecule has 3 atom stereocenters. The fourth-order valence-corrected chi connectivity index (χ4v) is 5.79. The van der Waals surface area contributed by atoms with Crippen LogP contribution in [0.3, 0.4) is 0 Å². The van der Waals surface area contributed by atoms with E-state index in [-0.39, 0.29) is 17.9 Å². The van der Waals surface area contributed by atoms with Gasteiger partial charge in [-0.05, 0) is 23.6 Å². The molecule has 5 heterocycles. The second kappa shape index (κ2) is 8.39. The number of likely N-dealkylation sites (N-methyl/N-ethyl adjacent to an activating group) is 1. The molecule has 180 valence electrons. The fourth-order valence-electron chi connectivity index (χ4n) is 5.79. The smallest absolute Gasteiger partial charge is 0.219 e. The summed E-state index contributed by atoms with van der Waals surface area (Å²) in [5.41, 5.74) is 5.74. The minimum Gasteiger partial charge on any atom is -0.391 e. The molecular formula is C25H32N6O3. The van der Waals surface area contributed by atoms with Gasteiger partial charge in [0.05, 0.1) is 31.8 Å². The van der Waals surface area contributed by atoms with Gasteiger partial charge in [-0.1, -0.05) is 12.1 Å². The summed E-state index contributed by atoms with van der Waals surface area (Å²) >= 11 is 0. The lowest BCUT2D eigenvalue weighted by molar-refractivity contribution is -0.129. The largest absolute Gasteiger partial charge is 0.391 e. The first-order valence-electron chi connectivity index (χ1n) is 12.2. The molecule has 1 saturated heterocycles. The number of benzene rings is 1. The number of hydrogen-bond donors (Lipinski definition) is 1. The van der Waals surface area contributed by atoms with Crippen LogP contribution in [0.25, 0.3) is 0 Å². The van der Waals surface area contributed by atoms with Crippen molar-refractivity contribution in [1.29, 1.82) is 0 Å². The van der Waals surface area contributed by atoms with E-state index in [1.165, 1.54) is 11.3 Å². The highest BCUT2D eigenvalue weighted by Crippen LogP contribution is 2.40. The molecule has 1 N–H and O–H groups in total. The van der Waals surface area contributed by atoms with Crippen molar-refractivity contribution in [3.8, 4) is 0 Å². The van der Waals surface area contributed by atoms with Crippen molar-refractivity contribution in [2.75, 3.05) is 44.8 Å². The van der Waals surface area contributed by atoms with Crippen molar-refractivity contribution in [2.24, 2.45) is 5.10 Å². The number of anilines is 2. The fraction of sp³-hybridized carbons (Fsp3) is 0.560.